The Kier molecular flexibility index (Phi) is 2.56. The third-order valence-electron chi connectivity index (χ3n) is 2.87. The predicted octanol–water partition coefficient (Wildman–Crippen LogP) is 3.48. The van der Waals surface area contributed by atoms with E-state index in [1.54, 1.807) is 0 Å². The van der Waals surface area contributed by atoms with Gasteiger partial charge in [0, 0.05) is 0 Å². The van der Waals surface area contributed by atoms with Crippen molar-refractivity contribution in [3.8, 4) is 0 Å². The van der Waals surface area contributed by atoms with Crippen molar-refractivity contribution in [2.24, 2.45) is 0 Å². The Labute approximate surface area is 75.6 Å². The van der Waals surface area contributed by atoms with Crippen molar-refractivity contribution in [3.05, 3.63) is 33.9 Å². The SMILES string of the molecule is CCc1c(C)cc(C)c(C)c1C. The summed E-state index contributed by atoms with van der Waals surface area (Å²) in [4.78, 5) is 0. The topological polar surface area (TPSA) is 0 Å². The van der Waals surface area contributed by atoms with E-state index in [0.717, 1.165) is 6.42 Å². The Balaban J connectivity index is 3.40. The van der Waals surface area contributed by atoms with Gasteiger partial charge in [0.25, 0.3) is 0 Å². The Morgan fingerprint density at radius 3 is 2.00 bits per heavy atom. The average molecular weight is 162 g/mol. The standard InChI is InChI=1S/C12H18/c1-6-12-9(3)7-8(2)10(4)11(12)5/h7H,6H2,1-5H3. The first-order chi connectivity index (χ1) is 5.57. The van der Waals surface area contributed by atoms with Gasteiger partial charge in [0.15, 0.2) is 0 Å². The maximum Gasteiger partial charge on any atom is -0.0302 e. The molecule has 1 aromatic rings. The molecule has 0 bridgehead atoms. The molecule has 0 aromatic heterocycles. The highest BCUT2D eigenvalue weighted by Crippen LogP contribution is 2.21. The van der Waals surface area contributed by atoms with Gasteiger partial charge in [0.2, 0.25) is 0 Å². The minimum atomic E-state index is 1.15. The van der Waals surface area contributed by atoms with Crippen LogP contribution < -0.4 is 0 Å². The molecular weight excluding hydrogens is 144 g/mol. The molecule has 0 saturated carbocycles. The first-order valence-corrected chi connectivity index (χ1v) is 4.64. The lowest BCUT2D eigenvalue weighted by Gasteiger charge is -2.13. The normalized spacial score (nSPS) is 10.4. The smallest absolute Gasteiger partial charge is 0.0302 e. The highest BCUT2D eigenvalue weighted by Gasteiger charge is 2.05. The molecule has 0 spiro atoms. The lowest BCUT2D eigenvalue weighted by molar-refractivity contribution is 1.05. The summed E-state index contributed by atoms with van der Waals surface area (Å²) in [6, 6.07) is 2.29. The molecule has 0 saturated heterocycles. The second-order valence-corrected chi connectivity index (χ2v) is 3.59. The van der Waals surface area contributed by atoms with Crippen molar-refractivity contribution in [1.29, 1.82) is 0 Å². The first-order valence-electron chi connectivity index (χ1n) is 4.64. The van der Waals surface area contributed by atoms with Crippen LogP contribution in [0.25, 0.3) is 0 Å². The van der Waals surface area contributed by atoms with E-state index < -0.39 is 0 Å². The van der Waals surface area contributed by atoms with E-state index in [9.17, 15) is 0 Å². The zero-order chi connectivity index (χ0) is 9.30. The second kappa shape index (κ2) is 3.30. The molecule has 1 aromatic carbocycles. The van der Waals surface area contributed by atoms with E-state index in [1.807, 2.05) is 0 Å². The van der Waals surface area contributed by atoms with Gasteiger partial charge in [-0.2, -0.15) is 0 Å². The van der Waals surface area contributed by atoms with Crippen molar-refractivity contribution in [3.63, 3.8) is 0 Å². The van der Waals surface area contributed by atoms with E-state index in [4.69, 9.17) is 0 Å². The first kappa shape index (κ1) is 9.31. The van der Waals surface area contributed by atoms with Crippen molar-refractivity contribution in [2.75, 3.05) is 0 Å². The fourth-order valence-corrected chi connectivity index (χ4v) is 1.88. The maximum atomic E-state index is 2.29. The van der Waals surface area contributed by atoms with Crippen LogP contribution >= 0.6 is 0 Å². The summed E-state index contributed by atoms with van der Waals surface area (Å²) in [6.45, 7) is 11.1. The lowest BCUT2D eigenvalue weighted by atomic mass is 9.93. The van der Waals surface area contributed by atoms with Crippen LogP contribution in [0.3, 0.4) is 0 Å². The number of hydrogen-bond acceptors (Lipinski definition) is 0. The summed E-state index contributed by atoms with van der Waals surface area (Å²) < 4.78 is 0. The maximum absolute atomic E-state index is 2.29. The number of rotatable bonds is 1. The van der Waals surface area contributed by atoms with Gasteiger partial charge < -0.3 is 0 Å². The van der Waals surface area contributed by atoms with Crippen LogP contribution in [0.2, 0.25) is 0 Å². The summed E-state index contributed by atoms with van der Waals surface area (Å²) in [7, 11) is 0. The van der Waals surface area contributed by atoms with Crippen molar-refractivity contribution in [1.82, 2.24) is 0 Å². The molecular formula is C12H18. The molecule has 0 N–H and O–H groups in total. The zero-order valence-corrected chi connectivity index (χ0v) is 8.78. The van der Waals surface area contributed by atoms with Gasteiger partial charge >= 0.3 is 0 Å². The minimum Gasteiger partial charge on any atom is -0.0613 e. The molecule has 0 aliphatic rings. The lowest BCUT2D eigenvalue weighted by Crippen LogP contribution is -1.96. The van der Waals surface area contributed by atoms with Crippen LogP contribution in [0.4, 0.5) is 0 Å². The summed E-state index contributed by atoms with van der Waals surface area (Å²) >= 11 is 0. The number of aryl methyl sites for hydroxylation is 2. The van der Waals surface area contributed by atoms with Crippen LogP contribution in [-0.4, -0.2) is 0 Å². The molecule has 0 aliphatic carbocycles. The van der Waals surface area contributed by atoms with Gasteiger partial charge in [0.05, 0.1) is 0 Å². The van der Waals surface area contributed by atoms with Crippen LogP contribution in [0.1, 0.15) is 34.7 Å². The van der Waals surface area contributed by atoms with Crippen LogP contribution in [-0.2, 0) is 6.42 Å². The number of hydrogen-bond donors (Lipinski definition) is 0. The minimum absolute atomic E-state index is 1.15. The van der Waals surface area contributed by atoms with Crippen LogP contribution in [0.5, 0.6) is 0 Å². The van der Waals surface area contributed by atoms with E-state index in [1.165, 1.54) is 27.8 Å². The monoisotopic (exact) mass is 162 g/mol. The zero-order valence-electron chi connectivity index (χ0n) is 8.78. The largest absolute Gasteiger partial charge is 0.0613 e. The Morgan fingerprint density at radius 1 is 0.917 bits per heavy atom. The second-order valence-electron chi connectivity index (χ2n) is 3.59. The van der Waals surface area contributed by atoms with Gasteiger partial charge in [-0.25, -0.2) is 0 Å². The van der Waals surface area contributed by atoms with Gasteiger partial charge in [0.1, 0.15) is 0 Å². The molecule has 0 nitrogen and oxygen atoms in total. The quantitative estimate of drug-likeness (QED) is 0.593. The van der Waals surface area contributed by atoms with E-state index in [2.05, 4.69) is 40.7 Å². The third kappa shape index (κ3) is 1.38. The molecule has 0 heterocycles. The van der Waals surface area contributed by atoms with Crippen molar-refractivity contribution < 1.29 is 0 Å². The van der Waals surface area contributed by atoms with Gasteiger partial charge in [-0.3, -0.25) is 0 Å². The molecule has 0 heteroatoms. The van der Waals surface area contributed by atoms with E-state index in [-0.39, 0.29) is 0 Å². The Morgan fingerprint density at radius 2 is 1.50 bits per heavy atom. The molecule has 12 heavy (non-hydrogen) atoms. The summed E-state index contributed by atoms with van der Waals surface area (Å²) in [5.41, 5.74) is 7.32. The summed E-state index contributed by atoms with van der Waals surface area (Å²) in [5, 5.41) is 0. The molecule has 0 unspecified atom stereocenters. The molecule has 0 radical (unpaired) electrons. The summed E-state index contributed by atoms with van der Waals surface area (Å²) in [6.07, 6.45) is 1.15. The summed E-state index contributed by atoms with van der Waals surface area (Å²) in [5.74, 6) is 0. The average Bonchev–Trinajstić information content (AvgIpc) is 2.01. The Bertz CT molecular complexity index is 295. The van der Waals surface area contributed by atoms with E-state index >= 15 is 0 Å². The van der Waals surface area contributed by atoms with Crippen LogP contribution in [0.15, 0.2) is 6.07 Å². The van der Waals surface area contributed by atoms with Gasteiger partial charge in [-0.1, -0.05) is 13.0 Å². The third-order valence-corrected chi connectivity index (χ3v) is 2.87. The van der Waals surface area contributed by atoms with Crippen molar-refractivity contribution in [2.45, 2.75) is 41.0 Å². The molecule has 0 atom stereocenters. The van der Waals surface area contributed by atoms with Gasteiger partial charge in [-0.15, -0.1) is 0 Å². The Hall–Kier alpha value is -0.780. The molecule has 0 amide bonds. The predicted molar refractivity (Wildman–Crippen MR) is 54.8 cm³/mol. The highest BCUT2D eigenvalue weighted by molar-refractivity contribution is 5.43. The fourth-order valence-electron chi connectivity index (χ4n) is 1.88. The molecule has 1 rings (SSSR count). The molecule has 0 aliphatic heterocycles. The van der Waals surface area contributed by atoms with Gasteiger partial charge in [-0.05, 0) is 61.9 Å². The van der Waals surface area contributed by atoms with Crippen molar-refractivity contribution >= 4 is 0 Å². The van der Waals surface area contributed by atoms with E-state index in [0.29, 0.717) is 0 Å². The highest BCUT2D eigenvalue weighted by atomic mass is 14.1. The molecule has 0 fully saturated rings. The fraction of sp³-hybridized carbons (Fsp3) is 0.500. The molecule has 66 valence electrons. The number of benzene rings is 1. The van der Waals surface area contributed by atoms with Crippen LogP contribution in [0, 0.1) is 27.7 Å².